The summed E-state index contributed by atoms with van der Waals surface area (Å²) in [7, 11) is 0. The minimum Gasteiger partial charge on any atom is -0.316 e. The predicted octanol–water partition coefficient (Wildman–Crippen LogP) is 14.0. The molecule has 1 spiro atoms. The van der Waals surface area contributed by atoms with Crippen LogP contribution in [0.5, 0.6) is 0 Å². The molecule has 13 aromatic rings. The molecule has 1 heterocycles. The van der Waals surface area contributed by atoms with E-state index in [1.807, 2.05) is 36.4 Å². The number of nitrogens with one attached hydrogen (secondary N) is 2. The molecule has 3 amide bonds. The lowest BCUT2D eigenvalue weighted by Gasteiger charge is -2.36. The summed E-state index contributed by atoms with van der Waals surface area (Å²) in [6, 6.07) is 87.5. The number of carbonyl (C=O) groups excluding carboxylic acids is 2. The molecule has 2 N–H and O–H groups in total. The molecule has 0 saturated carbocycles. The quantitative estimate of drug-likeness (QED) is 0.118. The van der Waals surface area contributed by atoms with Gasteiger partial charge in [-0.1, -0.05) is 243 Å². The fraction of sp³-hybridized carbons (Fsp3) is 0.0278. The minimum absolute atomic E-state index is 0.375. The predicted molar refractivity (Wildman–Crippen MR) is 308 cm³/mol. The van der Waals surface area contributed by atoms with Gasteiger partial charge < -0.3 is 5.32 Å². The maximum Gasteiger partial charge on any atom is 0.322 e. The standard InChI is InChI=1S/C72H44N2O2/c75-70-72(74-71(76)73-70)60-39-19-17-37-58(60)69(59-38-18-20-40-61(59)72)68-56-35-15-13-33-54(56)67(55-34-14-16-36-57(55)68)66-52-31-11-9-29-50(52)65(51-30-10-12-32-53(51)66)64-48-27-7-5-25-46(48)63(47-26-6-8-28-49(47)64)62-44-23-3-1-21-42(44)41-43-22-2-4-24-45(43)62/h1-40H,41H2,(H2,73,74,75,76). The highest BCUT2D eigenvalue weighted by Gasteiger charge is 2.53. The minimum atomic E-state index is -1.37. The van der Waals surface area contributed by atoms with Crippen LogP contribution in [-0.2, 0) is 16.8 Å². The zero-order valence-electron chi connectivity index (χ0n) is 41.1. The van der Waals surface area contributed by atoms with Crippen LogP contribution in [0.1, 0.15) is 44.5 Å². The Morgan fingerprint density at radius 1 is 0.276 bits per heavy atom. The normalized spacial score (nSPS) is 15.6. The van der Waals surface area contributed by atoms with Gasteiger partial charge in [0.15, 0.2) is 5.54 Å². The Bertz CT molecular complexity index is 4870. The molecule has 16 rings (SSSR count). The number of amides is 3. The average Bonchev–Trinajstić information content (AvgIpc) is 3.79. The molecule has 1 saturated heterocycles. The van der Waals surface area contributed by atoms with E-state index in [9.17, 15) is 9.59 Å². The summed E-state index contributed by atoms with van der Waals surface area (Å²) in [6.45, 7) is 0. The summed E-state index contributed by atoms with van der Waals surface area (Å²) in [5.41, 5.74) is 9.53. The third-order valence-electron chi connectivity index (χ3n) is 16.8. The summed E-state index contributed by atoms with van der Waals surface area (Å²) in [6.07, 6.45) is 0.907. The third kappa shape index (κ3) is 5.73. The second-order valence-electron chi connectivity index (χ2n) is 20.5. The van der Waals surface area contributed by atoms with E-state index in [0.29, 0.717) is 0 Å². The molecule has 3 aliphatic rings. The first-order chi connectivity index (χ1) is 37.6. The lowest BCUT2D eigenvalue weighted by molar-refractivity contribution is -0.122. The van der Waals surface area contributed by atoms with Gasteiger partial charge in [0.2, 0.25) is 0 Å². The number of benzene rings is 13. The Kier molecular flexibility index (Phi) is 8.99. The summed E-state index contributed by atoms with van der Waals surface area (Å²) in [5.74, 6) is -0.375. The summed E-state index contributed by atoms with van der Waals surface area (Å²) >= 11 is 0. The van der Waals surface area contributed by atoms with Crippen LogP contribution in [0.4, 0.5) is 4.79 Å². The van der Waals surface area contributed by atoms with Gasteiger partial charge in [-0.25, -0.2) is 4.79 Å². The molecule has 1 aliphatic heterocycles. The number of hydrogen-bond donors (Lipinski definition) is 2. The van der Waals surface area contributed by atoms with E-state index < -0.39 is 11.6 Å². The van der Waals surface area contributed by atoms with Crippen molar-refractivity contribution < 1.29 is 9.59 Å². The molecule has 0 atom stereocenters. The molecule has 0 radical (unpaired) electrons. The van der Waals surface area contributed by atoms with Crippen LogP contribution in [-0.4, -0.2) is 11.9 Å². The topological polar surface area (TPSA) is 58.2 Å². The Morgan fingerprint density at radius 2 is 0.526 bits per heavy atom. The van der Waals surface area contributed by atoms with Gasteiger partial charge in [0.05, 0.1) is 0 Å². The smallest absolute Gasteiger partial charge is 0.316 e. The monoisotopic (exact) mass is 968 g/mol. The maximum atomic E-state index is 14.2. The van der Waals surface area contributed by atoms with Gasteiger partial charge in [-0.05, 0) is 158 Å². The van der Waals surface area contributed by atoms with Crippen LogP contribution in [0.25, 0.3) is 75.8 Å². The Balaban J connectivity index is 1.14. The fourth-order valence-electron chi connectivity index (χ4n) is 13.9. The Labute approximate surface area is 436 Å². The summed E-state index contributed by atoms with van der Waals surface area (Å²) in [5, 5.41) is 26.9. The molecule has 354 valence electrons. The van der Waals surface area contributed by atoms with Crippen LogP contribution >= 0.6 is 0 Å². The number of imide groups is 1. The van der Waals surface area contributed by atoms with Crippen molar-refractivity contribution in [3.05, 3.63) is 318 Å². The first-order valence-corrected chi connectivity index (χ1v) is 26.1. The maximum absolute atomic E-state index is 14.2. The van der Waals surface area contributed by atoms with Crippen LogP contribution in [0.2, 0.25) is 0 Å². The van der Waals surface area contributed by atoms with E-state index >= 15 is 0 Å². The van der Waals surface area contributed by atoms with Gasteiger partial charge in [0.25, 0.3) is 5.91 Å². The van der Waals surface area contributed by atoms with E-state index in [-0.39, 0.29) is 5.91 Å². The second kappa shape index (κ2) is 16.0. The average molecular weight is 969 g/mol. The molecule has 4 heteroatoms. The van der Waals surface area contributed by atoms with Gasteiger partial charge >= 0.3 is 6.03 Å². The highest BCUT2D eigenvalue weighted by molar-refractivity contribution is 6.15. The van der Waals surface area contributed by atoms with Gasteiger partial charge in [0.1, 0.15) is 0 Å². The van der Waals surface area contributed by atoms with Crippen molar-refractivity contribution in [1.82, 2.24) is 10.6 Å². The number of urea groups is 1. The molecular weight excluding hydrogens is 925 g/mol. The molecule has 76 heavy (non-hydrogen) atoms. The number of carbonyl (C=O) groups is 2. The molecule has 2 aliphatic carbocycles. The lowest BCUT2D eigenvalue weighted by atomic mass is 9.69. The molecule has 13 aromatic carbocycles. The first kappa shape index (κ1) is 42.6. The van der Waals surface area contributed by atoms with Crippen molar-refractivity contribution in [1.29, 1.82) is 0 Å². The molecule has 0 unspecified atom stereocenters. The molecule has 4 nitrogen and oxygen atoms in total. The summed E-state index contributed by atoms with van der Waals surface area (Å²) < 4.78 is 0. The number of fused-ring (bicyclic) bond motifs is 12. The Morgan fingerprint density at radius 3 is 0.829 bits per heavy atom. The summed E-state index contributed by atoms with van der Waals surface area (Å²) in [4.78, 5) is 27.3. The van der Waals surface area contributed by atoms with Crippen molar-refractivity contribution in [2.75, 3.05) is 0 Å². The van der Waals surface area contributed by atoms with E-state index in [1.54, 1.807) is 0 Å². The van der Waals surface area contributed by atoms with Crippen LogP contribution in [0.3, 0.4) is 0 Å². The Hall–Kier alpha value is -9.90. The van der Waals surface area contributed by atoms with Crippen molar-refractivity contribution >= 4 is 87.7 Å². The van der Waals surface area contributed by atoms with Gasteiger partial charge in [0, 0.05) is 0 Å². The van der Waals surface area contributed by atoms with E-state index in [0.717, 1.165) is 61.0 Å². The van der Waals surface area contributed by atoms with Gasteiger partial charge in [-0.2, -0.15) is 0 Å². The van der Waals surface area contributed by atoms with Crippen molar-refractivity contribution in [2.45, 2.75) is 12.0 Å². The zero-order valence-corrected chi connectivity index (χ0v) is 41.1. The van der Waals surface area contributed by atoms with Crippen LogP contribution < -0.4 is 21.1 Å². The van der Waals surface area contributed by atoms with Crippen molar-refractivity contribution in [2.24, 2.45) is 0 Å². The molecular formula is C72H44N2O2. The molecule has 0 bridgehead atoms. The van der Waals surface area contributed by atoms with Gasteiger partial charge in [-0.15, -0.1) is 0 Å². The van der Waals surface area contributed by atoms with E-state index in [2.05, 4.69) is 217 Å². The molecule has 1 fully saturated rings. The number of hydrogen-bond acceptors (Lipinski definition) is 2. The van der Waals surface area contributed by atoms with Crippen LogP contribution in [0.15, 0.2) is 243 Å². The fourth-order valence-corrected chi connectivity index (χ4v) is 13.9. The van der Waals surface area contributed by atoms with Crippen molar-refractivity contribution in [3.63, 3.8) is 0 Å². The third-order valence-corrected chi connectivity index (χ3v) is 16.8. The highest BCUT2D eigenvalue weighted by Crippen LogP contribution is 2.47. The number of rotatable bonds is 0. The first-order valence-electron chi connectivity index (χ1n) is 26.1. The zero-order chi connectivity index (χ0) is 50.2. The SMILES string of the molecule is O=C1NC(=O)C2(N1)c1ccccc1C(=c1c3ccccc3c(=c3c4ccccc4c(=c4c5ccccc5c(=C5c6ccccc6Cc6ccccc65)c5ccccc45)c4ccccc34)c3ccccc13)c1ccccc12. The van der Waals surface area contributed by atoms with Crippen molar-refractivity contribution in [3.8, 4) is 0 Å². The van der Waals surface area contributed by atoms with Gasteiger partial charge in [-0.3, -0.25) is 10.1 Å². The van der Waals surface area contributed by atoms with Crippen LogP contribution in [0, 0.1) is 20.9 Å². The van der Waals surface area contributed by atoms with E-state index in [1.165, 1.54) is 97.0 Å². The highest BCUT2D eigenvalue weighted by atomic mass is 16.2. The second-order valence-corrected chi connectivity index (χ2v) is 20.5. The molecule has 0 aromatic heterocycles. The van der Waals surface area contributed by atoms with E-state index in [4.69, 9.17) is 0 Å². The lowest BCUT2D eigenvalue weighted by Crippen LogP contribution is -2.48. The largest absolute Gasteiger partial charge is 0.322 e.